The third kappa shape index (κ3) is 5.73. The van der Waals surface area contributed by atoms with Crippen LogP contribution in [0, 0.1) is 0 Å². The van der Waals surface area contributed by atoms with E-state index in [0.29, 0.717) is 13.2 Å². The number of rotatable bonds is 2. The third-order valence-corrected chi connectivity index (χ3v) is 1.81. The molecule has 12 heavy (non-hydrogen) atoms. The first-order valence-corrected chi connectivity index (χ1v) is 5.64. The number of hydrogen-bond donors (Lipinski definition) is 2. The zero-order valence-electron chi connectivity index (χ0n) is 6.08. The van der Waals surface area contributed by atoms with Gasteiger partial charge < -0.3 is 19.3 Å². The molecule has 1 aliphatic rings. The maximum atomic E-state index is 8.69. The summed E-state index contributed by atoms with van der Waals surface area (Å²) in [6.45, 7) is -2.52. The summed E-state index contributed by atoms with van der Waals surface area (Å²) in [6.07, 6.45) is -0.732. The second-order valence-corrected chi connectivity index (χ2v) is 4.59. The van der Waals surface area contributed by atoms with E-state index in [1.54, 1.807) is 0 Å². The van der Waals surface area contributed by atoms with E-state index >= 15 is 0 Å². The summed E-state index contributed by atoms with van der Waals surface area (Å²) in [5.41, 5.74) is 0. The van der Waals surface area contributed by atoms with E-state index in [4.69, 9.17) is 19.3 Å². The third-order valence-electron chi connectivity index (χ3n) is 1.04. The van der Waals surface area contributed by atoms with Gasteiger partial charge in [-0.2, -0.15) is 0 Å². The molecule has 0 bridgehead atoms. The van der Waals surface area contributed by atoms with Gasteiger partial charge in [0.05, 0.1) is 19.8 Å². The van der Waals surface area contributed by atoms with E-state index in [1.807, 2.05) is 0 Å². The molecule has 5 nitrogen and oxygen atoms in total. The van der Waals surface area contributed by atoms with Crippen LogP contribution in [-0.4, -0.2) is 35.9 Å². The molecule has 1 rings (SSSR count). The molecule has 0 aromatic heterocycles. The van der Waals surface area contributed by atoms with Crippen LogP contribution >= 0.6 is 6.72 Å². The second-order valence-electron chi connectivity index (χ2n) is 1.97. The van der Waals surface area contributed by atoms with E-state index < -0.39 is 13.0 Å². The van der Waals surface area contributed by atoms with Gasteiger partial charge in [0, 0.05) is 21.1 Å². The Kier molecular flexibility index (Phi) is 6.33. The average Bonchev–Trinajstić information content (AvgIpc) is 1.85. The fraction of sp³-hybridized carbons (Fsp3) is 1.00. The molecule has 72 valence electrons. The van der Waals surface area contributed by atoms with Crippen LogP contribution in [0.4, 0.5) is 0 Å². The Morgan fingerprint density at radius 3 is 2.50 bits per heavy atom. The molecule has 1 fully saturated rings. The number of hydrogen-bond acceptors (Lipinski definition) is 4. The van der Waals surface area contributed by atoms with Crippen molar-refractivity contribution in [3.05, 3.63) is 0 Å². The van der Waals surface area contributed by atoms with Gasteiger partial charge in [-0.1, -0.05) is 0 Å². The average molecular weight is 296 g/mol. The van der Waals surface area contributed by atoms with Crippen LogP contribution in [0.15, 0.2) is 0 Å². The Bertz CT molecular complexity index is 167. The fourth-order valence-electron chi connectivity index (χ4n) is 0.680. The minimum atomic E-state index is -3.61. The Hall–Kier alpha value is 1.14. The first-order valence-electron chi connectivity index (χ1n) is 3.01. The summed E-state index contributed by atoms with van der Waals surface area (Å²) < 4.78 is 14.4. The van der Waals surface area contributed by atoms with Crippen LogP contribution in [0.25, 0.3) is 0 Å². The Morgan fingerprint density at radius 2 is 2.08 bits per heavy atom. The quantitative estimate of drug-likeness (QED) is 0.533. The molecule has 8 heteroatoms. The Labute approximate surface area is 89.5 Å². The van der Waals surface area contributed by atoms with Gasteiger partial charge >= 0.3 is 6.72 Å². The van der Waals surface area contributed by atoms with Crippen LogP contribution < -0.4 is 0 Å². The molecule has 0 saturated carbocycles. The van der Waals surface area contributed by atoms with Gasteiger partial charge in [-0.15, -0.1) is 0 Å². The van der Waals surface area contributed by atoms with Gasteiger partial charge in [-0.25, -0.2) is 0 Å². The van der Waals surface area contributed by atoms with Gasteiger partial charge in [0.1, 0.15) is 0 Å². The summed E-state index contributed by atoms with van der Waals surface area (Å²) in [7, 11) is 0. The first-order chi connectivity index (χ1) is 5.08. The van der Waals surface area contributed by atoms with Crippen molar-refractivity contribution in [3.8, 4) is 0 Å². The minimum absolute atomic E-state index is 0. The Balaban J connectivity index is 0.00000121. The van der Waals surface area contributed by atoms with Crippen molar-refractivity contribution in [3.63, 3.8) is 0 Å². The molecular formula is C4H9MoO5PS. The molecule has 1 saturated heterocycles. The number of ether oxygens (including phenoxy) is 2. The van der Waals surface area contributed by atoms with Crippen molar-refractivity contribution in [1.29, 1.82) is 0 Å². The molecule has 0 spiro atoms. The molecule has 0 amide bonds. The minimum Gasteiger partial charge on any atom is -0.374 e. The summed E-state index contributed by atoms with van der Waals surface area (Å²) in [4.78, 5) is 17.4. The van der Waals surface area contributed by atoms with E-state index in [1.165, 1.54) is 0 Å². The molecule has 0 aliphatic carbocycles. The molecule has 1 atom stereocenters. The second kappa shape index (κ2) is 5.78. The van der Waals surface area contributed by atoms with Gasteiger partial charge in [0.25, 0.3) is 0 Å². The molecule has 1 aliphatic heterocycles. The first kappa shape index (κ1) is 13.1. The van der Waals surface area contributed by atoms with Gasteiger partial charge in [0.15, 0.2) is 6.29 Å². The van der Waals surface area contributed by atoms with E-state index in [-0.39, 0.29) is 27.7 Å². The van der Waals surface area contributed by atoms with Gasteiger partial charge in [0.2, 0.25) is 0 Å². The summed E-state index contributed by atoms with van der Waals surface area (Å²) >= 11 is 4.23. The molecule has 2 N–H and O–H groups in total. The van der Waals surface area contributed by atoms with Crippen molar-refractivity contribution < 1.29 is 44.8 Å². The van der Waals surface area contributed by atoms with E-state index in [2.05, 4.69) is 16.3 Å². The van der Waals surface area contributed by atoms with Gasteiger partial charge in [-0.3, -0.25) is 4.52 Å². The topological polar surface area (TPSA) is 68.2 Å². The maximum absolute atomic E-state index is 8.69. The summed E-state index contributed by atoms with van der Waals surface area (Å²) in [6, 6.07) is 0. The standard InChI is InChI=1S/C4H9O5PS.Mo/c5-10(6,11)9-4-3-7-1-2-8-4;/h4H,1-3H2,(H2,5,6,11);. The van der Waals surface area contributed by atoms with Crippen LogP contribution in [0.1, 0.15) is 0 Å². The molecule has 0 aromatic rings. The van der Waals surface area contributed by atoms with Crippen LogP contribution in [0.2, 0.25) is 0 Å². The predicted octanol–water partition coefficient (Wildman–Crippen LogP) is -0.417. The zero-order chi connectivity index (χ0) is 8.32. The largest absolute Gasteiger partial charge is 0.374 e. The zero-order valence-corrected chi connectivity index (χ0v) is 9.80. The SMILES string of the molecule is OP(O)(=S)OC1COCCO1.[Mo]. The van der Waals surface area contributed by atoms with E-state index in [9.17, 15) is 0 Å². The van der Waals surface area contributed by atoms with Crippen molar-refractivity contribution in [2.45, 2.75) is 6.29 Å². The molecule has 0 radical (unpaired) electrons. The van der Waals surface area contributed by atoms with E-state index in [0.717, 1.165) is 0 Å². The van der Waals surface area contributed by atoms with Crippen LogP contribution in [0.3, 0.4) is 0 Å². The molecular weight excluding hydrogens is 287 g/mol. The predicted molar refractivity (Wildman–Crippen MR) is 40.4 cm³/mol. The molecule has 1 heterocycles. The Morgan fingerprint density at radius 1 is 1.42 bits per heavy atom. The van der Waals surface area contributed by atoms with Crippen molar-refractivity contribution in [2.24, 2.45) is 0 Å². The summed E-state index contributed by atoms with van der Waals surface area (Å²) in [5, 5.41) is 0. The van der Waals surface area contributed by atoms with Crippen molar-refractivity contribution >= 4 is 18.5 Å². The van der Waals surface area contributed by atoms with Crippen molar-refractivity contribution in [1.82, 2.24) is 0 Å². The smallest absolute Gasteiger partial charge is 0.324 e. The van der Waals surface area contributed by atoms with Crippen molar-refractivity contribution in [2.75, 3.05) is 19.8 Å². The van der Waals surface area contributed by atoms with Gasteiger partial charge in [-0.05, 0) is 11.8 Å². The maximum Gasteiger partial charge on any atom is 0.324 e. The molecule has 1 unspecified atom stereocenters. The fourth-order valence-corrected chi connectivity index (χ4v) is 1.40. The van der Waals surface area contributed by atoms with Crippen LogP contribution in [0.5, 0.6) is 0 Å². The monoisotopic (exact) mass is 298 g/mol. The van der Waals surface area contributed by atoms with Crippen LogP contribution in [-0.2, 0) is 46.9 Å². The summed E-state index contributed by atoms with van der Waals surface area (Å²) in [5.74, 6) is 0. The normalized spacial score (nSPS) is 24.7. The molecule has 0 aromatic carbocycles.